The van der Waals surface area contributed by atoms with Gasteiger partial charge in [-0.2, -0.15) is 0 Å². The SMILES string of the molecule is Cc1nc(C(=O)N2CCO[C@H](c3cn4c(N5CCOCC5)cccc4n3)C2)cs1. The summed E-state index contributed by atoms with van der Waals surface area (Å²) in [5.41, 5.74) is 2.24. The third-order valence-electron chi connectivity index (χ3n) is 5.35. The average molecular weight is 414 g/mol. The molecule has 2 saturated heterocycles. The smallest absolute Gasteiger partial charge is 0.273 e. The van der Waals surface area contributed by atoms with Crippen molar-refractivity contribution in [3.63, 3.8) is 0 Å². The summed E-state index contributed by atoms with van der Waals surface area (Å²) in [5.74, 6) is 1.06. The first kappa shape index (κ1) is 18.5. The van der Waals surface area contributed by atoms with Crippen LogP contribution in [0.5, 0.6) is 0 Å². The zero-order chi connectivity index (χ0) is 19.8. The summed E-state index contributed by atoms with van der Waals surface area (Å²) in [7, 11) is 0. The molecule has 5 rings (SSSR count). The molecule has 0 saturated carbocycles. The first-order valence-electron chi connectivity index (χ1n) is 9.83. The Morgan fingerprint density at radius 3 is 2.83 bits per heavy atom. The number of hydrogen-bond donors (Lipinski definition) is 0. The van der Waals surface area contributed by atoms with Crippen molar-refractivity contribution in [2.24, 2.45) is 0 Å². The van der Waals surface area contributed by atoms with E-state index in [-0.39, 0.29) is 12.0 Å². The topological polar surface area (TPSA) is 72.2 Å². The molecule has 29 heavy (non-hydrogen) atoms. The number of morpholine rings is 2. The summed E-state index contributed by atoms with van der Waals surface area (Å²) in [6.07, 6.45) is 1.79. The average Bonchev–Trinajstić information content (AvgIpc) is 3.40. The van der Waals surface area contributed by atoms with Gasteiger partial charge < -0.3 is 19.3 Å². The van der Waals surface area contributed by atoms with Crippen LogP contribution in [-0.2, 0) is 9.47 Å². The van der Waals surface area contributed by atoms with E-state index in [1.54, 1.807) is 0 Å². The van der Waals surface area contributed by atoms with Crippen molar-refractivity contribution >= 4 is 28.7 Å². The summed E-state index contributed by atoms with van der Waals surface area (Å²) < 4.78 is 13.6. The molecular formula is C20H23N5O3S. The van der Waals surface area contributed by atoms with Gasteiger partial charge in [0, 0.05) is 31.2 Å². The van der Waals surface area contributed by atoms with Gasteiger partial charge in [-0.15, -0.1) is 11.3 Å². The largest absolute Gasteiger partial charge is 0.378 e. The zero-order valence-corrected chi connectivity index (χ0v) is 17.1. The minimum Gasteiger partial charge on any atom is -0.378 e. The van der Waals surface area contributed by atoms with Crippen molar-refractivity contribution in [3.05, 3.63) is 46.2 Å². The predicted molar refractivity (Wildman–Crippen MR) is 110 cm³/mol. The molecule has 0 unspecified atom stereocenters. The number of rotatable bonds is 3. The van der Waals surface area contributed by atoms with Crippen molar-refractivity contribution < 1.29 is 14.3 Å². The molecule has 0 aromatic carbocycles. The lowest BCUT2D eigenvalue weighted by Gasteiger charge is -2.31. The maximum absolute atomic E-state index is 12.8. The lowest BCUT2D eigenvalue weighted by molar-refractivity contribution is -0.0246. The fraction of sp³-hybridized carbons (Fsp3) is 0.450. The molecule has 2 aliphatic heterocycles. The van der Waals surface area contributed by atoms with Crippen molar-refractivity contribution in [3.8, 4) is 0 Å². The molecule has 0 radical (unpaired) electrons. The van der Waals surface area contributed by atoms with Crippen LogP contribution in [0.1, 0.15) is 27.3 Å². The second-order valence-corrected chi connectivity index (χ2v) is 8.30. The Morgan fingerprint density at radius 2 is 2.03 bits per heavy atom. The van der Waals surface area contributed by atoms with E-state index in [0.29, 0.717) is 25.4 Å². The minimum atomic E-state index is -0.245. The number of ether oxygens (including phenoxy) is 2. The molecule has 2 fully saturated rings. The maximum Gasteiger partial charge on any atom is 0.273 e. The number of aryl methyl sites for hydroxylation is 1. The summed E-state index contributed by atoms with van der Waals surface area (Å²) >= 11 is 1.49. The van der Waals surface area contributed by atoms with Gasteiger partial charge in [-0.1, -0.05) is 6.07 Å². The Bertz CT molecular complexity index is 1030. The van der Waals surface area contributed by atoms with Crippen LogP contribution in [0, 0.1) is 6.92 Å². The van der Waals surface area contributed by atoms with Gasteiger partial charge in [0.05, 0.1) is 37.1 Å². The summed E-state index contributed by atoms with van der Waals surface area (Å²) in [6.45, 7) is 6.64. The highest BCUT2D eigenvalue weighted by atomic mass is 32.1. The van der Waals surface area contributed by atoms with E-state index in [9.17, 15) is 4.79 Å². The zero-order valence-electron chi connectivity index (χ0n) is 16.3. The lowest BCUT2D eigenvalue weighted by Crippen LogP contribution is -2.42. The van der Waals surface area contributed by atoms with Crippen LogP contribution >= 0.6 is 11.3 Å². The second kappa shape index (κ2) is 7.74. The summed E-state index contributed by atoms with van der Waals surface area (Å²) in [5, 5.41) is 2.72. The third-order valence-corrected chi connectivity index (χ3v) is 6.12. The molecule has 0 aliphatic carbocycles. The Morgan fingerprint density at radius 1 is 1.17 bits per heavy atom. The maximum atomic E-state index is 12.8. The van der Waals surface area contributed by atoms with Crippen LogP contribution in [0.3, 0.4) is 0 Å². The van der Waals surface area contributed by atoms with Gasteiger partial charge in [0.2, 0.25) is 0 Å². The molecule has 2 aliphatic rings. The van der Waals surface area contributed by atoms with Crippen LogP contribution in [0.2, 0.25) is 0 Å². The highest BCUT2D eigenvalue weighted by Crippen LogP contribution is 2.26. The fourth-order valence-corrected chi connectivity index (χ4v) is 4.44. The van der Waals surface area contributed by atoms with Gasteiger partial charge in [0.25, 0.3) is 5.91 Å². The van der Waals surface area contributed by atoms with E-state index >= 15 is 0 Å². The van der Waals surface area contributed by atoms with Gasteiger partial charge in [0.15, 0.2) is 0 Å². The third kappa shape index (κ3) is 3.61. The molecule has 8 nitrogen and oxygen atoms in total. The molecule has 1 atom stereocenters. The van der Waals surface area contributed by atoms with Crippen LogP contribution in [-0.4, -0.2) is 71.2 Å². The number of nitrogens with zero attached hydrogens (tertiary/aromatic N) is 5. The summed E-state index contributed by atoms with van der Waals surface area (Å²) in [6, 6.07) is 6.13. The molecule has 3 aromatic heterocycles. The van der Waals surface area contributed by atoms with E-state index in [2.05, 4.69) is 20.4 Å². The Hall–Kier alpha value is -2.49. The van der Waals surface area contributed by atoms with Crippen molar-refractivity contribution in [1.29, 1.82) is 0 Å². The minimum absolute atomic E-state index is 0.0413. The van der Waals surface area contributed by atoms with Crippen molar-refractivity contribution in [2.45, 2.75) is 13.0 Å². The number of carbonyl (C=O) groups excluding carboxylic acids is 1. The van der Waals surface area contributed by atoms with Crippen LogP contribution in [0.15, 0.2) is 29.8 Å². The van der Waals surface area contributed by atoms with Gasteiger partial charge in [0.1, 0.15) is 23.3 Å². The van der Waals surface area contributed by atoms with E-state index in [0.717, 1.165) is 48.5 Å². The second-order valence-electron chi connectivity index (χ2n) is 7.24. The number of carbonyl (C=O) groups is 1. The van der Waals surface area contributed by atoms with Crippen LogP contribution in [0.25, 0.3) is 5.65 Å². The lowest BCUT2D eigenvalue weighted by atomic mass is 10.2. The molecule has 5 heterocycles. The normalized spacial score (nSPS) is 20.4. The van der Waals surface area contributed by atoms with Gasteiger partial charge >= 0.3 is 0 Å². The monoisotopic (exact) mass is 413 g/mol. The van der Waals surface area contributed by atoms with Gasteiger partial charge in [-0.05, 0) is 19.1 Å². The molecule has 1 amide bonds. The van der Waals surface area contributed by atoms with E-state index in [4.69, 9.17) is 14.5 Å². The Labute approximate surface area is 172 Å². The molecule has 3 aromatic rings. The first-order valence-corrected chi connectivity index (χ1v) is 10.7. The Kier molecular flexibility index (Phi) is 4.94. The van der Waals surface area contributed by atoms with Gasteiger partial charge in [-0.3, -0.25) is 9.20 Å². The van der Waals surface area contributed by atoms with E-state index < -0.39 is 0 Å². The number of aromatic nitrogens is 3. The molecular weight excluding hydrogens is 390 g/mol. The molecule has 0 N–H and O–H groups in total. The standard InChI is InChI=1S/C20H23N5O3S/c1-14-21-16(13-29-14)20(26)24-7-10-28-17(12-24)15-11-25-18(22-15)3-2-4-19(25)23-5-8-27-9-6-23/h2-4,11,13,17H,5-10,12H2,1H3/t17-/m0/s1. The number of anilines is 1. The van der Waals surface area contributed by atoms with Crippen molar-refractivity contribution in [2.75, 3.05) is 50.9 Å². The Balaban J connectivity index is 1.39. The number of imidazole rings is 1. The highest BCUT2D eigenvalue weighted by molar-refractivity contribution is 7.09. The molecule has 0 spiro atoms. The quantitative estimate of drug-likeness (QED) is 0.655. The summed E-state index contributed by atoms with van der Waals surface area (Å²) in [4.78, 5) is 26.0. The number of fused-ring (bicyclic) bond motifs is 1. The number of amides is 1. The molecule has 9 heteroatoms. The number of hydrogen-bond acceptors (Lipinski definition) is 7. The van der Waals surface area contributed by atoms with Crippen molar-refractivity contribution in [1.82, 2.24) is 19.3 Å². The predicted octanol–water partition coefficient (Wildman–Crippen LogP) is 2.15. The first-order chi connectivity index (χ1) is 14.2. The van der Waals surface area contributed by atoms with Crippen LogP contribution in [0.4, 0.5) is 5.82 Å². The van der Waals surface area contributed by atoms with Gasteiger partial charge in [-0.25, -0.2) is 9.97 Å². The van der Waals surface area contributed by atoms with Crippen LogP contribution < -0.4 is 4.90 Å². The fourth-order valence-electron chi connectivity index (χ4n) is 3.86. The number of thiazole rings is 1. The van der Waals surface area contributed by atoms with E-state index in [1.807, 2.05) is 35.5 Å². The highest BCUT2D eigenvalue weighted by Gasteiger charge is 2.29. The molecule has 0 bridgehead atoms. The van der Waals surface area contributed by atoms with E-state index in [1.165, 1.54) is 11.3 Å². The number of pyridine rings is 1. The molecule has 152 valence electrons.